The van der Waals surface area contributed by atoms with Crippen LogP contribution in [-0.2, 0) is 22.6 Å². The highest BCUT2D eigenvalue weighted by Crippen LogP contribution is 2.32. The molecule has 8 nitrogen and oxygen atoms in total. The summed E-state index contributed by atoms with van der Waals surface area (Å²) in [6.07, 6.45) is 2.35. The number of ether oxygens (including phenoxy) is 1. The van der Waals surface area contributed by atoms with Crippen molar-refractivity contribution in [3.05, 3.63) is 41.7 Å². The molecule has 1 fully saturated rings. The quantitative estimate of drug-likeness (QED) is 0.777. The number of aromatic nitrogens is 3. The zero-order valence-corrected chi connectivity index (χ0v) is 16.4. The molecule has 1 aromatic heterocycles. The van der Waals surface area contributed by atoms with E-state index in [4.69, 9.17) is 4.74 Å². The maximum atomic E-state index is 13.0. The second-order valence-electron chi connectivity index (χ2n) is 7.37. The molecule has 4 rings (SSSR count). The Bertz CT molecular complexity index is 898. The molecule has 0 saturated carbocycles. The molecule has 2 aromatic rings. The van der Waals surface area contributed by atoms with Crippen LogP contribution in [0.25, 0.3) is 0 Å². The van der Waals surface area contributed by atoms with Crippen LogP contribution in [0.2, 0.25) is 0 Å². The molecule has 2 aliphatic heterocycles. The summed E-state index contributed by atoms with van der Waals surface area (Å²) >= 11 is 0. The number of benzene rings is 1. The fourth-order valence-electron chi connectivity index (χ4n) is 4.00. The number of hydrogen-bond donors (Lipinski definition) is 0. The van der Waals surface area contributed by atoms with Gasteiger partial charge in [0.15, 0.2) is 12.4 Å². The van der Waals surface area contributed by atoms with Crippen molar-refractivity contribution in [2.45, 2.75) is 38.8 Å². The van der Waals surface area contributed by atoms with Crippen molar-refractivity contribution in [2.24, 2.45) is 0 Å². The monoisotopic (exact) mass is 401 g/mol. The Hall–Kier alpha value is -2.97. The van der Waals surface area contributed by atoms with Gasteiger partial charge in [-0.25, -0.2) is 4.39 Å². The van der Waals surface area contributed by atoms with Gasteiger partial charge in [0, 0.05) is 39.5 Å². The molecule has 1 aromatic carbocycles. The van der Waals surface area contributed by atoms with E-state index in [1.165, 1.54) is 24.3 Å². The molecule has 3 heterocycles. The summed E-state index contributed by atoms with van der Waals surface area (Å²) in [5, 5.41) is 8.71. The van der Waals surface area contributed by atoms with Crippen molar-refractivity contribution >= 4 is 11.8 Å². The van der Waals surface area contributed by atoms with Crippen molar-refractivity contribution in [1.82, 2.24) is 24.6 Å². The van der Waals surface area contributed by atoms with Gasteiger partial charge in [0.1, 0.15) is 17.4 Å². The third-order valence-corrected chi connectivity index (χ3v) is 5.55. The Morgan fingerprint density at radius 2 is 1.93 bits per heavy atom. The van der Waals surface area contributed by atoms with Crippen LogP contribution < -0.4 is 4.74 Å². The van der Waals surface area contributed by atoms with Crippen LogP contribution in [0.1, 0.15) is 37.5 Å². The fraction of sp³-hybridized carbons (Fsp3) is 0.500. The number of rotatable bonds is 4. The SMILES string of the molecule is CC(=O)N1CCc2nnc([C@H]3CCCN3C(=O)COc3ccc(F)cc3)n2CC1. The number of hydrogen-bond acceptors (Lipinski definition) is 5. The van der Waals surface area contributed by atoms with E-state index >= 15 is 0 Å². The van der Waals surface area contributed by atoms with E-state index in [9.17, 15) is 14.0 Å². The number of nitrogens with zero attached hydrogens (tertiary/aromatic N) is 5. The van der Waals surface area contributed by atoms with Crippen LogP contribution in [-0.4, -0.2) is 62.6 Å². The van der Waals surface area contributed by atoms with Gasteiger partial charge in [-0.2, -0.15) is 0 Å². The van der Waals surface area contributed by atoms with E-state index < -0.39 is 0 Å². The van der Waals surface area contributed by atoms with Crippen LogP contribution >= 0.6 is 0 Å². The van der Waals surface area contributed by atoms with Crippen molar-refractivity contribution < 1.29 is 18.7 Å². The molecule has 0 radical (unpaired) electrons. The molecule has 0 aliphatic carbocycles. The molecule has 2 aliphatic rings. The molecule has 0 spiro atoms. The van der Waals surface area contributed by atoms with Crippen molar-refractivity contribution in [3.63, 3.8) is 0 Å². The van der Waals surface area contributed by atoms with Gasteiger partial charge in [-0.05, 0) is 37.1 Å². The van der Waals surface area contributed by atoms with Crippen LogP contribution in [0.15, 0.2) is 24.3 Å². The third-order valence-electron chi connectivity index (χ3n) is 5.55. The summed E-state index contributed by atoms with van der Waals surface area (Å²) in [7, 11) is 0. The summed E-state index contributed by atoms with van der Waals surface area (Å²) in [6.45, 7) is 3.97. The first kappa shape index (κ1) is 19.4. The first-order chi connectivity index (χ1) is 14.0. The maximum Gasteiger partial charge on any atom is 0.261 e. The van der Waals surface area contributed by atoms with Crippen LogP contribution in [0.3, 0.4) is 0 Å². The molecular formula is C20H24FN5O3. The number of amides is 2. The lowest BCUT2D eigenvalue weighted by atomic mass is 10.2. The van der Waals surface area contributed by atoms with Gasteiger partial charge in [0.25, 0.3) is 5.91 Å². The second kappa shape index (κ2) is 8.18. The molecule has 29 heavy (non-hydrogen) atoms. The largest absolute Gasteiger partial charge is 0.484 e. The van der Waals surface area contributed by atoms with Gasteiger partial charge in [-0.3, -0.25) is 9.59 Å². The number of halogens is 1. The Morgan fingerprint density at radius 1 is 1.14 bits per heavy atom. The summed E-state index contributed by atoms with van der Waals surface area (Å²) in [4.78, 5) is 28.1. The predicted molar refractivity (Wildman–Crippen MR) is 102 cm³/mol. The number of likely N-dealkylation sites (tertiary alicyclic amines) is 1. The van der Waals surface area contributed by atoms with Gasteiger partial charge >= 0.3 is 0 Å². The molecule has 0 N–H and O–H groups in total. The summed E-state index contributed by atoms with van der Waals surface area (Å²) in [6, 6.07) is 5.46. The van der Waals surface area contributed by atoms with Crippen LogP contribution in [0.4, 0.5) is 4.39 Å². The summed E-state index contributed by atoms with van der Waals surface area (Å²) in [5.41, 5.74) is 0. The number of carbonyl (C=O) groups excluding carboxylic acids is 2. The summed E-state index contributed by atoms with van der Waals surface area (Å²) < 4.78 is 20.6. The predicted octanol–water partition coefficient (Wildman–Crippen LogP) is 1.56. The zero-order valence-electron chi connectivity index (χ0n) is 16.4. The zero-order chi connectivity index (χ0) is 20.4. The molecule has 9 heteroatoms. The van der Waals surface area contributed by atoms with E-state index in [1.807, 2.05) is 4.90 Å². The van der Waals surface area contributed by atoms with Gasteiger partial charge in [0.2, 0.25) is 5.91 Å². The molecule has 0 unspecified atom stereocenters. The highest BCUT2D eigenvalue weighted by molar-refractivity contribution is 5.78. The molecule has 0 bridgehead atoms. The van der Waals surface area contributed by atoms with Gasteiger partial charge in [-0.1, -0.05) is 0 Å². The molecule has 1 atom stereocenters. The normalized spacial score (nSPS) is 19.0. The molecular weight excluding hydrogens is 377 g/mol. The number of carbonyl (C=O) groups is 2. The Morgan fingerprint density at radius 3 is 2.69 bits per heavy atom. The third kappa shape index (κ3) is 4.08. The summed E-state index contributed by atoms with van der Waals surface area (Å²) in [5.74, 6) is 1.66. The Kier molecular flexibility index (Phi) is 5.46. The van der Waals surface area contributed by atoms with Gasteiger partial charge in [0.05, 0.1) is 6.04 Å². The van der Waals surface area contributed by atoms with Crippen molar-refractivity contribution in [3.8, 4) is 5.75 Å². The maximum absolute atomic E-state index is 13.0. The standard InChI is InChI=1S/C20H24FN5O3/c1-14(27)24-10-8-18-22-23-20(26(18)12-11-24)17-3-2-9-25(17)19(28)13-29-16-6-4-15(21)5-7-16/h4-7,17H,2-3,8-13H2,1H3/t17-/m1/s1. The Labute approximate surface area is 168 Å². The number of fused-ring (bicyclic) bond motifs is 1. The van der Waals surface area contributed by atoms with E-state index in [0.717, 1.165) is 24.5 Å². The fourth-order valence-corrected chi connectivity index (χ4v) is 4.00. The highest BCUT2D eigenvalue weighted by atomic mass is 19.1. The Balaban J connectivity index is 1.45. The van der Waals surface area contributed by atoms with Crippen molar-refractivity contribution in [1.29, 1.82) is 0 Å². The van der Waals surface area contributed by atoms with E-state index in [1.54, 1.807) is 11.8 Å². The van der Waals surface area contributed by atoms with Gasteiger partial charge in [-0.15, -0.1) is 10.2 Å². The minimum atomic E-state index is -0.348. The smallest absolute Gasteiger partial charge is 0.261 e. The highest BCUT2D eigenvalue weighted by Gasteiger charge is 2.35. The second-order valence-corrected chi connectivity index (χ2v) is 7.37. The average Bonchev–Trinajstić information content (AvgIpc) is 3.28. The minimum Gasteiger partial charge on any atom is -0.484 e. The van der Waals surface area contributed by atoms with Crippen LogP contribution in [0.5, 0.6) is 5.75 Å². The average molecular weight is 401 g/mol. The van der Waals surface area contributed by atoms with Gasteiger partial charge < -0.3 is 19.1 Å². The first-order valence-electron chi connectivity index (χ1n) is 9.88. The lowest BCUT2D eigenvalue weighted by molar-refractivity contribution is -0.134. The van der Waals surface area contributed by atoms with Crippen LogP contribution in [0, 0.1) is 5.82 Å². The molecule has 1 saturated heterocycles. The first-order valence-corrected chi connectivity index (χ1v) is 9.88. The van der Waals surface area contributed by atoms with Crippen molar-refractivity contribution in [2.75, 3.05) is 26.2 Å². The lowest BCUT2D eigenvalue weighted by Gasteiger charge is -2.25. The van der Waals surface area contributed by atoms with E-state index in [-0.39, 0.29) is 30.3 Å². The van der Waals surface area contributed by atoms with E-state index in [0.29, 0.717) is 38.3 Å². The topological polar surface area (TPSA) is 80.6 Å². The minimum absolute atomic E-state index is 0.0564. The molecule has 154 valence electrons. The lowest BCUT2D eigenvalue weighted by Crippen LogP contribution is -2.36. The molecule has 2 amide bonds. The van der Waals surface area contributed by atoms with E-state index in [2.05, 4.69) is 14.8 Å².